The number of nitrogens with two attached hydrogens (primary N) is 1. The van der Waals surface area contributed by atoms with E-state index in [9.17, 15) is 0 Å². The Kier molecular flexibility index (Phi) is 3.91. The van der Waals surface area contributed by atoms with Gasteiger partial charge in [-0.15, -0.1) is 0 Å². The molecule has 0 atom stereocenters. The molecule has 0 spiro atoms. The van der Waals surface area contributed by atoms with Gasteiger partial charge < -0.3 is 10.7 Å². The second kappa shape index (κ2) is 5.20. The monoisotopic (exact) mass is 277 g/mol. The first-order valence-electron chi connectivity index (χ1n) is 7.35. The number of anilines is 2. The number of hydrogen-bond acceptors (Lipinski definition) is 5. The van der Waals surface area contributed by atoms with E-state index in [1.165, 1.54) is 19.3 Å². The lowest BCUT2D eigenvalue weighted by Gasteiger charge is -2.38. The number of hydrogen-bond donors (Lipinski definition) is 3. The minimum Gasteiger partial charge on any atom is -0.369 e. The highest BCUT2D eigenvalue weighted by molar-refractivity contribution is 5.57. The average molecular weight is 277 g/mol. The Bertz CT molecular complexity index is 486. The van der Waals surface area contributed by atoms with Gasteiger partial charge in [-0.1, -0.05) is 34.1 Å². The zero-order chi connectivity index (χ0) is 15.0. The fourth-order valence-corrected chi connectivity index (χ4v) is 2.42. The maximum Gasteiger partial charge on any atom is 0.148 e. The van der Waals surface area contributed by atoms with Crippen molar-refractivity contribution >= 4 is 11.6 Å². The van der Waals surface area contributed by atoms with Gasteiger partial charge in [-0.25, -0.2) is 15.8 Å². The lowest BCUT2D eigenvalue weighted by atomic mass is 9.70. The fraction of sp³-hybridized carbons (Fsp3) is 0.733. The van der Waals surface area contributed by atoms with Crippen LogP contribution in [-0.2, 0) is 5.41 Å². The van der Waals surface area contributed by atoms with Gasteiger partial charge in [0.1, 0.15) is 17.5 Å². The molecule has 20 heavy (non-hydrogen) atoms. The maximum absolute atomic E-state index is 5.58. The molecule has 1 aliphatic rings. The van der Waals surface area contributed by atoms with Gasteiger partial charge in [-0.3, -0.25) is 0 Å². The van der Waals surface area contributed by atoms with E-state index in [4.69, 9.17) is 10.8 Å². The molecule has 0 radical (unpaired) electrons. The van der Waals surface area contributed by atoms with E-state index in [1.54, 1.807) is 0 Å². The molecule has 1 aliphatic carbocycles. The van der Waals surface area contributed by atoms with Crippen LogP contribution in [0.1, 0.15) is 58.3 Å². The van der Waals surface area contributed by atoms with Crippen molar-refractivity contribution in [3.05, 3.63) is 11.4 Å². The smallest absolute Gasteiger partial charge is 0.148 e. The van der Waals surface area contributed by atoms with Gasteiger partial charge in [0.05, 0.1) is 0 Å². The quantitative estimate of drug-likeness (QED) is 0.582. The van der Waals surface area contributed by atoms with Gasteiger partial charge in [-0.2, -0.15) is 0 Å². The number of nitrogens with one attached hydrogen (secondary N) is 2. The number of rotatable bonds is 4. The normalized spacial score (nSPS) is 17.5. The van der Waals surface area contributed by atoms with Crippen LogP contribution in [0.4, 0.5) is 11.6 Å². The highest BCUT2D eigenvalue weighted by atomic mass is 15.3. The molecule has 0 aromatic carbocycles. The Labute approximate surface area is 121 Å². The Balaban J connectivity index is 2.26. The average Bonchev–Trinajstić information content (AvgIpc) is 2.34. The van der Waals surface area contributed by atoms with E-state index >= 15 is 0 Å². The van der Waals surface area contributed by atoms with Crippen molar-refractivity contribution in [1.82, 2.24) is 9.97 Å². The molecule has 0 bridgehead atoms. The summed E-state index contributed by atoms with van der Waals surface area (Å²) in [5.74, 6) is 7.98. The highest BCUT2D eigenvalue weighted by Gasteiger charge is 2.32. The Hall–Kier alpha value is -1.36. The highest BCUT2D eigenvalue weighted by Crippen LogP contribution is 2.40. The zero-order valence-electron chi connectivity index (χ0n) is 13.3. The largest absolute Gasteiger partial charge is 0.369 e. The Morgan fingerprint density at radius 3 is 2.25 bits per heavy atom. The molecule has 5 nitrogen and oxygen atoms in total. The predicted molar refractivity (Wildman–Crippen MR) is 83.7 cm³/mol. The van der Waals surface area contributed by atoms with Crippen molar-refractivity contribution < 1.29 is 0 Å². The van der Waals surface area contributed by atoms with Gasteiger partial charge in [0.15, 0.2) is 0 Å². The third-order valence-corrected chi connectivity index (χ3v) is 4.20. The van der Waals surface area contributed by atoms with Crippen LogP contribution in [0.2, 0.25) is 0 Å². The second-order valence-electron chi connectivity index (χ2n) is 7.28. The van der Waals surface area contributed by atoms with Crippen LogP contribution in [0.5, 0.6) is 0 Å². The first-order chi connectivity index (χ1) is 9.25. The van der Waals surface area contributed by atoms with Crippen molar-refractivity contribution in [2.24, 2.45) is 11.3 Å². The lowest BCUT2D eigenvalue weighted by molar-refractivity contribution is 0.179. The minimum atomic E-state index is -0.101. The maximum atomic E-state index is 5.58. The summed E-state index contributed by atoms with van der Waals surface area (Å²) in [5, 5.41) is 3.50. The topological polar surface area (TPSA) is 75.9 Å². The Morgan fingerprint density at radius 2 is 1.80 bits per heavy atom. The van der Waals surface area contributed by atoms with Gasteiger partial charge in [-0.05, 0) is 25.2 Å². The number of nitrogen functional groups attached to an aromatic ring is 1. The van der Waals surface area contributed by atoms with Crippen LogP contribution in [0, 0.1) is 12.3 Å². The van der Waals surface area contributed by atoms with Crippen molar-refractivity contribution in [2.75, 3.05) is 17.3 Å². The molecule has 1 heterocycles. The molecular weight excluding hydrogens is 250 g/mol. The summed E-state index contributed by atoms with van der Waals surface area (Å²) in [6.07, 6.45) is 3.92. The predicted octanol–water partition coefficient (Wildman–Crippen LogP) is 2.97. The third-order valence-electron chi connectivity index (χ3n) is 4.20. The van der Waals surface area contributed by atoms with Gasteiger partial charge in [0.2, 0.25) is 0 Å². The van der Waals surface area contributed by atoms with Gasteiger partial charge in [0, 0.05) is 17.5 Å². The van der Waals surface area contributed by atoms with Crippen molar-refractivity contribution in [3.8, 4) is 0 Å². The molecule has 0 unspecified atom stereocenters. The van der Waals surface area contributed by atoms with Crippen LogP contribution < -0.4 is 16.6 Å². The molecule has 0 saturated heterocycles. The third kappa shape index (κ3) is 3.03. The molecule has 1 fully saturated rings. The number of nitrogens with zero attached hydrogens (tertiary/aromatic N) is 2. The van der Waals surface area contributed by atoms with E-state index in [1.807, 2.05) is 6.92 Å². The first kappa shape index (κ1) is 15.0. The molecule has 1 aromatic heterocycles. The summed E-state index contributed by atoms with van der Waals surface area (Å²) in [5.41, 5.74) is 3.97. The van der Waals surface area contributed by atoms with Crippen molar-refractivity contribution in [2.45, 2.75) is 59.3 Å². The number of aromatic nitrogens is 2. The standard InChI is InChI=1S/C15H27N5/c1-10-11(17-9-15(5)7-6-8-15)18-13(14(2,3)4)19-12(10)20-16/h6-9,16H2,1-5H3,(H2,17,18,19,20). The first-order valence-corrected chi connectivity index (χ1v) is 7.35. The van der Waals surface area contributed by atoms with Crippen LogP contribution in [0.15, 0.2) is 0 Å². The second-order valence-corrected chi connectivity index (χ2v) is 7.28. The summed E-state index contributed by atoms with van der Waals surface area (Å²) in [6.45, 7) is 11.6. The van der Waals surface area contributed by atoms with Crippen LogP contribution in [0.25, 0.3) is 0 Å². The summed E-state index contributed by atoms with van der Waals surface area (Å²) in [7, 11) is 0. The van der Waals surface area contributed by atoms with Crippen molar-refractivity contribution in [3.63, 3.8) is 0 Å². The lowest BCUT2D eigenvalue weighted by Crippen LogP contribution is -2.34. The molecule has 4 N–H and O–H groups in total. The fourth-order valence-electron chi connectivity index (χ4n) is 2.42. The van der Waals surface area contributed by atoms with Gasteiger partial charge >= 0.3 is 0 Å². The van der Waals surface area contributed by atoms with E-state index in [0.717, 1.165) is 23.8 Å². The molecule has 2 rings (SSSR count). The summed E-state index contributed by atoms with van der Waals surface area (Å²) in [4.78, 5) is 9.21. The number of hydrazine groups is 1. The molecular formula is C15H27N5. The molecule has 1 saturated carbocycles. The molecule has 5 heteroatoms. The van der Waals surface area contributed by atoms with Crippen LogP contribution in [-0.4, -0.2) is 16.5 Å². The van der Waals surface area contributed by atoms with Crippen LogP contribution >= 0.6 is 0 Å². The molecule has 0 aliphatic heterocycles. The van der Waals surface area contributed by atoms with Gasteiger partial charge in [0.25, 0.3) is 0 Å². The van der Waals surface area contributed by atoms with E-state index in [0.29, 0.717) is 11.2 Å². The SMILES string of the molecule is Cc1c(NN)nc(C(C)(C)C)nc1NCC1(C)CCC1. The van der Waals surface area contributed by atoms with E-state index in [2.05, 4.69) is 43.4 Å². The molecule has 0 amide bonds. The zero-order valence-corrected chi connectivity index (χ0v) is 13.3. The summed E-state index contributed by atoms with van der Waals surface area (Å²) < 4.78 is 0. The van der Waals surface area contributed by atoms with E-state index in [-0.39, 0.29) is 5.41 Å². The summed E-state index contributed by atoms with van der Waals surface area (Å²) in [6, 6.07) is 0. The molecule has 112 valence electrons. The van der Waals surface area contributed by atoms with E-state index < -0.39 is 0 Å². The molecule has 1 aromatic rings. The minimum absolute atomic E-state index is 0.101. The Morgan fingerprint density at radius 1 is 1.20 bits per heavy atom. The van der Waals surface area contributed by atoms with Crippen LogP contribution in [0.3, 0.4) is 0 Å². The summed E-state index contributed by atoms with van der Waals surface area (Å²) >= 11 is 0. The van der Waals surface area contributed by atoms with Crippen molar-refractivity contribution in [1.29, 1.82) is 0 Å².